The molecule has 1 aromatic carbocycles. The molecule has 0 spiro atoms. The van der Waals surface area contributed by atoms with Crippen LogP contribution in [-0.4, -0.2) is 18.4 Å². The van der Waals surface area contributed by atoms with Crippen molar-refractivity contribution in [3.63, 3.8) is 0 Å². The van der Waals surface area contributed by atoms with E-state index in [4.69, 9.17) is 0 Å². The van der Waals surface area contributed by atoms with E-state index in [1.54, 1.807) is 0 Å². The number of carbonyl (C=O) groups excluding carboxylic acids is 2. The maximum atomic E-state index is 11.2. The molecule has 0 saturated carbocycles. The Bertz CT molecular complexity index is 357. The van der Waals surface area contributed by atoms with Gasteiger partial charge in [-0.15, -0.1) is 0 Å². The van der Waals surface area contributed by atoms with Gasteiger partial charge in [-0.25, -0.2) is 4.79 Å². The predicted molar refractivity (Wildman–Crippen MR) is 58.9 cm³/mol. The van der Waals surface area contributed by atoms with Crippen LogP contribution in [0, 0.1) is 6.92 Å². The van der Waals surface area contributed by atoms with Crippen molar-refractivity contribution in [3.8, 4) is 0 Å². The standard InChI is InChI=1S/C11H14N2O2/c1-8-3-5-10(6-4-8)13-11(15)12-7-9(2)14/h3-6H,7H2,1-2H3,(H2,12,13,15). The minimum Gasteiger partial charge on any atom is -0.331 e. The summed E-state index contributed by atoms with van der Waals surface area (Å²) in [6.07, 6.45) is 0. The van der Waals surface area contributed by atoms with Gasteiger partial charge in [0.25, 0.3) is 0 Å². The number of benzene rings is 1. The molecule has 0 aliphatic heterocycles. The first-order valence-electron chi connectivity index (χ1n) is 4.69. The van der Waals surface area contributed by atoms with Crippen molar-refractivity contribution in [1.29, 1.82) is 0 Å². The first kappa shape index (κ1) is 11.2. The highest BCUT2D eigenvalue weighted by atomic mass is 16.2. The summed E-state index contributed by atoms with van der Waals surface area (Å²) in [5.74, 6) is -0.0749. The topological polar surface area (TPSA) is 58.2 Å². The molecule has 80 valence electrons. The van der Waals surface area contributed by atoms with E-state index in [1.807, 2.05) is 31.2 Å². The number of carbonyl (C=O) groups is 2. The smallest absolute Gasteiger partial charge is 0.319 e. The van der Waals surface area contributed by atoms with E-state index < -0.39 is 0 Å². The van der Waals surface area contributed by atoms with Crippen LogP contribution < -0.4 is 10.6 Å². The first-order valence-corrected chi connectivity index (χ1v) is 4.69. The molecular weight excluding hydrogens is 192 g/mol. The summed E-state index contributed by atoms with van der Waals surface area (Å²) in [6.45, 7) is 3.45. The van der Waals surface area contributed by atoms with Crippen LogP contribution in [0.3, 0.4) is 0 Å². The first-order chi connectivity index (χ1) is 7.08. The molecule has 0 saturated heterocycles. The zero-order valence-electron chi connectivity index (χ0n) is 8.83. The number of nitrogens with one attached hydrogen (secondary N) is 2. The molecule has 4 heteroatoms. The number of ketones is 1. The van der Waals surface area contributed by atoms with Crippen LogP contribution in [0.25, 0.3) is 0 Å². The van der Waals surface area contributed by atoms with E-state index in [-0.39, 0.29) is 18.4 Å². The van der Waals surface area contributed by atoms with Crippen LogP contribution in [0.15, 0.2) is 24.3 Å². The van der Waals surface area contributed by atoms with Gasteiger partial charge in [-0.2, -0.15) is 0 Å². The van der Waals surface area contributed by atoms with Crippen molar-refractivity contribution in [2.75, 3.05) is 11.9 Å². The van der Waals surface area contributed by atoms with E-state index in [0.717, 1.165) is 5.56 Å². The Morgan fingerprint density at radius 1 is 1.20 bits per heavy atom. The van der Waals surface area contributed by atoms with Gasteiger partial charge in [-0.3, -0.25) is 4.79 Å². The van der Waals surface area contributed by atoms with Crippen LogP contribution >= 0.6 is 0 Å². The third-order valence-corrected chi connectivity index (χ3v) is 1.81. The molecule has 0 atom stereocenters. The molecule has 0 heterocycles. The van der Waals surface area contributed by atoms with Gasteiger partial charge in [0.2, 0.25) is 0 Å². The Morgan fingerprint density at radius 2 is 1.80 bits per heavy atom. The summed E-state index contributed by atoms with van der Waals surface area (Å²) < 4.78 is 0. The van der Waals surface area contributed by atoms with Gasteiger partial charge in [0.15, 0.2) is 0 Å². The van der Waals surface area contributed by atoms with E-state index in [9.17, 15) is 9.59 Å². The fourth-order valence-electron chi connectivity index (χ4n) is 1.02. The lowest BCUT2D eigenvalue weighted by molar-refractivity contribution is -0.116. The number of Topliss-reactive ketones (excluding diaryl/α,β-unsaturated/α-hetero) is 1. The zero-order chi connectivity index (χ0) is 11.3. The maximum Gasteiger partial charge on any atom is 0.319 e. The highest BCUT2D eigenvalue weighted by Gasteiger charge is 2.01. The van der Waals surface area contributed by atoms with Crippen LogP contribution in [0.1, 0.15) is 12.5 Å². The van der Waals surface area contributed by atoms with Gasteiger partial charge in [0, 0.05) is 5.69 Å². The Labute approximate surface area is 88.7 Å². The van der Waals surface area contributed by atoms with Crippen molar-refractivity contribution in [1.82, 2.24) is 5.32 Å². The Kier molecular flexibility index (Phi) is 3.85. The Morgan fingerprint density at radius 3 is 2.33 bits per heavy atom. The van der Waals surface area contributed by atoms with Crippen LogP contribution in [0.4, 0.5) is 10.5 Å². The lowest BCUT2D eigenvalue weighted by atomic mass is 10.2. The number of amides is 2. The van der Waals surface area contributed by atoms with Crippen molar-refractivity contribution < 1.29 is 9.59 Å². The zero-order valence-corrected chi connectivity index (χ0v) is 8.83. The average molecular weight is 206 g/mol. The fraction of sp³-hybridized carbons (Fsp3) is 0.273. The number of urea groups is 1. The molecule has 2 N–H and O–H groups in total. The highest BCUT2D eigenvalue weighted by Crippen LogP contribution is 2.07. The molecule has 2 amide bonds. The molecule has 15 heavy (non-hydrogen) atoms. The summed E-state index contributed by atoms with van der Waals surface area (Å²) in [6, 6.07) is 7.06. The van der Waals surface area contributed by atoms with E-state index in [1.165, 1.54) is 6.92 Å². The minimum atomic E-state index is -0.367. The molecular formula is C11H14N2O2. The van der Waals surface area contributed by atoms with Gasteiger partial charge < -0.3 is 10.6 Å². The normalized spacial score (nSPS) is 9.47. The molecule has 4 nitrogen and oxygen atoms in total. The number of aryl methyl sites for hydroxylation is 1. The summed E-state index contributed by atoms with van der Waals surface area (Å²) >= 11 is 0. The molecule has 0 aliphatic carbocycles. The number of rotatable bonds is 3. The molecule has 0 unspecified atom stereocenters. The van der Waals surface area contributed by atoms with Crippen molar-refractivity contribution in [2.24, 2.45) is 0 Å². The monoisotopic (exact) mass is 206 g/mol. The van der Waals surface area contributed by atoms with Gasteiger partial charge in [0.05, 0.1) is 6.54 Å². The molecule has 0 bridgehead atoms. The number of hydrogen-bond acceptors (Lipinski definition) is 2. The van der Waals surface area contributed by atoms with Crippen LogP contribution in [-0.2, 0) is 4.79 Å². The van der Waals surface area contributed by atoms with E-state index in [0.29, 0.717) is 5.69 Å². The van der Waals surface area contributed by atoms with Gasteiger partial charge >= 0.3 is 6.03 Å². The lowest BCUT2D eigenvalue weighted by Crippen LogP contribution is -2.32. The molecule has 1 rings (SSSR count). The van der Waals surface area contributed by atoms with Crippen LogP contribution in [0.2, 0.25) is 0 Å². The minimum absolute atomic E-state index is 0.0533. The third kappa shape index (κ3) is 4.26. The SMILES string of the molecule is CC(=O)CNC(=O)Nc1ccc(C)cc1. The van der Waals surface area contributed by atoms with Gasteiger partial charge in [-0.1, -0.05) is 17.7 Å². The average Bonchev–Trinajstić information content (AvgIpc) is 2.19. The molecule has 0 fully saturated rings. The lowest BCUT2D eigenvalue weighted by Gasteiger charge is -2.06. The highest BCUT2D eigenvalue weighted by molar-refractivity contribution is 5.92. The molecule has 0 aromatic heterocycles. The Balaban J connectivity index is 2.44. The maximum absolute atomic E-state index is 11.2. The van der Waals surface area contributed by atoms with Crippen molar-refractivity contribution in [2.45, 2.75) is 13.8 Å². The second-order valence-corrected chi connectivity index (χ2v) is 3.38. The van der Waals surface area contributed by atoms with Gasteiger partial charge in [0.1, 0.15) is 5.78 Å². The largest absolute Gasteiger partial charge is 0.331 e. The fourth-order valence-corrected chi connectivity index (χ4v) is 1.02. The van der Waals surface area contributed by atoms with Gasteiger partial charge in [-0.05, 0) is 26.0 Å². The quantitative estimate of drug-likeness (QED) is 0.790. The molecule has 0 aliphatic rings. The Hall–Kier alpha value is -1.84. The number of anilines is 1. The van der Waals surface area contributed by atoms with E-state index in [2.05, 4.69) is 10.6 Å². The van der Waals surface area contributed by atoms with Crippen molar-refractivity contribution in [3.05, 3.63) is 29.8 Å². The van der Waals surface area contributed by atoms with E-state index >= 15 is 0 Å². The summed E-state index contributed by atoms with van der Waals surface area (Å²) in [5.41, 5.74) is 1.84. The summed E-state index contributed by atoms with van der Waals surface area (Å²) in [4.78, 5) is 21.8. The second kappa shape index (κ2) is 5.14. The summed E-state index contributed by atoms with van der Waals surface area (Å²) in [5, 5.41) is 5.07. The molecule has 0 radical (unpaired) electrons. The van der Waals surface area contributed by atoms with Crippen LogP contribution in [0.5, 0.6) is 0 Å². The number of hydrogen-bond donors (Lipinski definition) is 2. The predicted octanol–water partition coefficient (Wildman–Crippen LogP) is 1.71. The summed E-state index contributed by atoms with van der Waals surface area (Å²) in [7, 11) is 0. The van der Waals surface area contributed by atoms with Crippen molar-refractivity contribution >= 4 is 17.5 Å². The third-order valence-electron chi connectivity index (χ3n) is 1.81. The second-order valence-electron chi connectivity index (χ2n) is 3.38. The molecule has 1 aromatic rings.